The highest BCUT2D eigenvalue weighted by atomic mass is 32.1. The van der Waals surface area contributed by atoms with Gasteiger partial charge in [-0.1, -0.05) is 6.07 Å². The van der Waals surface area contributed by atoms with Crippen LogP contribution < -0.4 is 4.74 Å². The maximum absolute atomic E-state index is 12.7. The van der Waals surface area contributed by atoms with Crippen molar-refractivity contribution in [2.24, 2.45) is 0 Å². The topological polar surface area (TPSA) is 68.4 Å². The molecule has 0 bridgehead atoms. The summed E-state index contributed by atoms with van der Waals surface area (Å²) in [5.41, 5.74) is 0.679. The van der Waals surface area contributed by atoms with E-state index < -0.39 is 0 Å². The number of methoxy groups -OCH3 is 1. The van der Waals surface area contributed by atoms with E-state index in [9.17, 15) is 4.79 Å². The number of tetrazole rings is 1. The van der Waals surface area contributed by atoms with E-state index in [4.69, 9.17) is 17.0 Å². The molecule has 2 aromatic heterocycles. The predicted octanol–water partition coefficient (Wildman–Crippen LogP) is 2.34. The van der Waals surface area contributed by atoms with Crippen molar-refractivity contribution < 1.29 is 9.53 Å². The number of nitrogens with zero attached hydrogens (tertiary/aromatic N) is 6. The van der Waals surface area contributed by atoms with Gasteiger partial charge in [0.1, 0.15) is 5.75 Å². The summed E-state index contributed by atoms with van der Waals surface area (Å²) < 4.78 is 9.24. The average molecular weight is 431 g/mol. The van der Waals surface area contributed by atoms with Crippen molar-refractivity contribution >= 4 is 29.5 Å². The number of aromatic nitrogens is 4. The molecule has 1 aromatic carbocycles. The van der Waals surface area contributed by atoms with Gasteiger partial charge in [0.05, 0.1) is 20.3 Å². The average Bonchev–Trinajstić information content (AvgIpc) is 3.40. The van der Waals surface area contributed by atoms with E-state index in [-0.39, 0.29) is 5.91 Å². The fourth-order valence-corrected chi connectivity index (χ4v) is 4.12. The number of ether oxygens (including phenoxy) is 1. The molecule has 1 amide bonds. The monoisotopic (exact) mass is 430 g/mol. The van der Waals surface area contributed by atoms with Gasteiger partial charge in [-0.05, 0) is 58.4 Å². The van der Waals surface area contributed by atoms with Gasteiger partial charge in [-0.3, -0.25) is 9.69 Å². The summed E-state index contributed by atoms with van der Waals surface area (Å²) in [6, 6.07) is 11.3. The number of rotatable bonds is 6. The third kappa shape index (κ3) is 4.55. The molecular weight excluding hydrogens is 408 g/mol. The van der Waals surface area contributed by atoms with E-state index in [1.807, 2.05) is 28.5 Å². The quantitative estimate of drug-likeness (QED) is 0.559. The molecule has 0 spiro atoms. The highest BCUT2D eigenvalue weighted by molar-refractivity contribution is 7.71. The Balaban J connectivity index is 1.32. The van der Waals surface area contributed by atoms with Gasteiger partial charge in [0.2, 0.25) is 4.77 Å². The largest absolute Gasteiger partial charge is 0.497 e. The first-order valence-corrected chi connectivity index (χ1v) is 10.6. The molecule has 10 heteroatoms. The molecule has 29 heavy (non-hydrogen) atoms. The Kier molecular flexibility index (Phi) is 6.02. The third-order valence-electron chi connectivity index (χ3n) is 4.91. The molecule has 0 atom stereocenters. The zero-order chi connectivity index (χ0) is 20.2. The molecule has 0 saturated carbocycles. The molecule has 152 valence electrons. The maximum atomic E-state index is 12.7. The first-order chi connectivity index (χ1) is 14.1. The van der Waals surface area contributed by atoms with Gasteiger partial charge in [0.25, 0.3) is 5.91 Å². The van der Waals surface area contributed by atoms with Crippen LogP contribution in [0.15, 0.2) is 41.8 Å². The fourth-order valence-electron chi connectivity index (χ4n) is 3.24. The van der Waals surface area contributed by atoms with E-state index in [0.717, 1.165) is 18.8 Å². The van der Waals surface area contributed by atoms with Crippen molar-refractivity contribution in [3.63, 3.8) is 0 Å². The van der Waals surface area contributed by atoms with Crippen molar-refractivity contribution in [2.45, 2.75) is 13.2 Å². The Bertz CT molecular complexity index is 1000. The molecular formula is C19H22N6O2S2. The minimum atomic E-state index is 0.0470. The molecule has 0 unspecified atom stereocenters. The Morgan fingerprint density at radius 2 is 1.83 bits per heavy atom. The number of benzene rings is 1. The molecule has 1 aliphatic heterocycles. The van der Waals surface area contributed by atoms with Crippen LogP contribution in [-0.4, -0.2) is 68.8 Å². The number of carbonyl (C=O) groups is 1. The van der Waals surface area contributed by atoms with Gasteiger partial charge in [0, 0.05) is 36.6 Å². The van der Waals surface area contributed by atoms with E-state index in [0.29, 0.717) is 36.6 Å². The van der Waals surface area contributed by atoms with E-state index in [1.54, 1.807) is 39.9 Å². The van der Waals surface area contributed by atoms with Crippen LogP contribution >= 0.6 is 23.6 Å². The Labute approximate surface area is 177 Å². The van der Waals surface area contributed by atoms with Crippen LogP contribution in [-0.2, 0) is 13.2 Å². The molecule has 0 N–H and O–H groups in total. The minimum absolute atomic E-state index is 0.0470. The summed E-state index contributed by atoms with van der Waals surface area (Å²) in [4.78, 5) is 18.0. The van der Waals surface area contributed by atoms with E-state index in [2.05, 4.69) is 21.4 Å². The molecule has 8 nitrogen and oxygen atoms in total. The van der Waals surface area contributed by atoms with Crippen molar-refractivity contribution in [1.29, 1.82) is 0 Å². The van der Waals surface area contributed by atoms with Crippen LogP contribution in [0.5, 0.6) is 5.75 Å². The third-order valence-corrected chi connectivity index (χ3v) is 6.20. The Morgan fingerprint density at radius 1 is 1.10 bits per heavy atom. The molecule has 4 rings (SSSR count). The summed E-state index contributed by atoms with van der Waals surface area (Å²) in [7, 11) is 1.61. The number of piperazine rings is 1. The highest BCUT2D eigenvalue weighted by Gasteiger charge is 2.23. The van der Waals surface area contributed by atoms with Crippen molar-refractivity contribution in [3.8, 4) is 5.75 Å². The lowest BCUT2D eigenvalue weighted by Gasteiger charge is -2.34. The summed E-state index contributed by atoms with van der Waals surface area (Å²) in [5, 5.41) is 10.4. The van der Waals surface area contributed by atoms with E-state index in [1.165, 1.54) is 4.88 Å². The molecule has 1 aliphatic rings. The van der Waals surface area contributed by atoms with Crippen LogP contribution in [0.3, 0.4) is 0 Å². The first-order valence-electron chi connectivity index (χ1n) is 9.33. The second-order valence-corrected chi connectivity index (χ2v) is 8.18. The second kappa shape index (κ2) is 8.85. The van der Waals surface area contributed by atoms with Gasteiger partial charge in [0.15, 0.2) is 0 Å². The van der Waals surface area contributed by atoms with Gasteiger partial charge in [-0.2, -0.15) is 0 Å². The number of thiophene rings is 1. The lowest BCUT2D eigenvalue weighted by atomic mass is 10.1. The minimum Gasteiger partial charge on any atom is -0.497 e. The molecule has 0 aliphatic carbocycles. The van der Waals surface area contributed by atoms with Gasteiger partial charge < -0.3 is 9.64 Å². The summed E-state index contributed by atoms with van der Waals surface area (Å²) in [6.45, 7) is 4.08. The fraction of sp³-hybridized carbons (Fsp3) is 0.368. The lowest BCUT2D eigenvalue weighted by molar-refractivity contribution is 0.0584. The highest BCUT2D eigenvalue weighted by Crippen LogP contribution is 2.15. The van der Waals surface area contributed by atoms with Crippen molar-refractivity contribution in [3.05, 3.63) is 57.0 Å². The Hall–Kier alpha value is -2.56. The van der Waals surface area contributed by atoms with Gasteiger partial charge in [-0.15, -0.1) is 11.3 Å². The van der Waals surface area contributed by atoms with Crippen LogP contribution in [0.1, 0.15) is 15.2 Å². The zero-order valence-corrected chi connectivity index (χ0v) is 17.7. The van der Waals surface area contributed by atoms with Gasteiger partial charge >= 0.3 is 0 Å². The SMILES string of the molecule is COc1ccc(C(=O)N2CCN(Cn3nnn(Cc4cccs4)c3=S)CC2)cc1. The van der Waals surface area contributed by atoms with Crippen LogP contribution in [0.25, 0.3) is 0 Å². The Morgan fingerprint density at radius 3 is 2.48 bits per heavy atom. The van der Waals surface area contributed by atoms with Crippen LogP contribution in [0.4, 0.5) is 0 Å². The summed E-state index contributed by atoms with van der Waals surface area (Å²) in [5.74, 6) is 0.793. The molecule has 3 aromatic rings. The van der Waals surface area contributed by atoms with E-state index >= 15 is 0 Å². The van der Waals surface area contributed by atoms with Crippen molar-refractivity contribution in [2.75, 3.05) is 33.3 Å². The smallest absolute Gasteiger partial charge is 0.253 e. The maximum Gasteiger partial charge on any atom is 0.253 e. The number of amides is 1. The zero-order valence-electron chi connectivity index (χ0n) is 16.1. The first kappa shape index (κ1) is 19.7. The predicted molar refractivity (Wildman–Crippen MR) is 113 cm³/mol. The standard InChI is InChI=1S/C19H22N6O2S2/c1-27-16-6-4-15(5-7-16)18(26)23-10-8-22(9-11-23)14-25-19(28)24(20-21-25)13-17-3-2-12-29-17/h2-7,12H,8-11,13-14H2,1H3. The molecule has 1 fully saturated rings. The van der Waals surface area contributed by atoms with Crippen LogP contribution in [0.2, 0.25) is 0 Å². The lowest BCUT2D eigenvalue weighted by Crippen LogP contribution is -2.49. The number of hydrogen-bond donors (Lipinski definition) is 0. The molecule has 3 heterocycles. The van der Waals surface area contributed by atoms with Crippen molar-refractivity contribution in [1.82, 2.24) is 29.6 Å². The van der Waals surface area contributed by atoms with Gasteiger partial charge in [-0.25, -0.2) is 9.36 Å². The molecule has 1 saturated heterocycles. The number of carbonyl (C=O) groups excluding carboxylic acids is 1. The number of hydrogen-bond acceptors (Lipinski definition) is 7. The second-order valence-electron chi connectivity index (χ2n) is 6.78. The normalized spacial score (nSPS) is 14.9. The molecule has 0 radical (unpaired) electrons. The summed E-state index contributed by atoms with van der Waals surface area (Å²) >= 11 is 7.20. The van der Waals surface area contributed by atoms with Crippen LogP contribution in [0, 0.1) is 4.77 Å². The summed E-state index contributed by atoms with van der Waals surface area (Å²) in [6.07, 6.45) is 0.